The van der Waals surface area contributed by atoms with Crippen LogP contribution in [0.25, 0.3) is 0 Å². The maximum Gasteiger partial charge on any atom is 0.319 e. The lowest BCUT2D eigenvalue weighted by molar-refractivity contribution is 0.0955. The number of nitrogens with zero attached hydrogens (tertiary/aromatic N) is 1. The van der Waals surface area contributed by atoms with Crippen molar-refractivity contribution in [3.63, 3.8) is 0 Å². The highest BCUT2D eigenvalue weighted by Gasteiger charge is 2.23. The minimum Gasteiger partial charge on any atom is -0.371 e. The molecule has 0 aromatic heterocycles. The van der Waals surface area contributed by atoms with Crippen LogP contribution in [-0.2, 0) is 0 Å². The lowest BCUT2D eigenvalue weighted by atomic mass is 10.1. The van der Waals surface area contributed by atoms with E-state index in [1.165, 1.54) is 12.1 Å². The molecular weight excluding hydrogens is 371 g/mol. The fraction of sp³-hybridized carbons (Fsp3) is 0.364. The molecule has 3 N–H and O–H groups in total. The second-order valence-corrected chi connectivity index (χ2v) is 7.30. The molecular formula is C22H27FN4O2. The van der Waals surface area contributed by atoms with Gasteiger partial charge in [-0.1, -0.05) is 0 Å². The zero-order valence-corrected chi connectivity index (χ0v) is 16.8. The van der Waals surface area contributed by atoms with Crippen LogP contribution in [0, 0.1) is 18.7 Å². The second-order valence-electron chi connectivity index (χ2n) is 7.30. The van der Waals surface area contributed by atoms with Crippen molar-refractivity contribution in [2.75, 3.05) is 36.4 Å². The zero-order chi connectivity index (χ0) is 20.8. The molecule has 0 aliphatic carbocycles. The number of anilines is 2. The lowest BCUT2D eigenvalue weighted by Gasteiger charge is -2.19. The molecule has 6 nitrogen and oxygen atoms in total. The number of urea groups is 1. The summed E-state index contributed by atoms with van der Waals surface area (Å²) in [6.07, 6.45) is 0.970. The molecule has 0 bridgehead atoms. The Labute approximate surface area is 170 Å². The molecule has 3 rings (SSSR count). The zero-order valence-electron chi connectivity index (χ0n) is 16.8. The van der Waals surface area contributed by atoms with Crippen LogP contribution < -0.4 is 20.9 Å². The van der Waals surface area contributed by atoms with Gasteiger partial charge in [0.1, 0.15) is 5.82 Å². The van der Waals surface area contributed by atoms with Crippen molar-refractivity contribution >= 4 is 23.3 Å². The Morgan fingerprint density at radius 2 is 1.90 bits per heavy atom. The summed E-state index contributed by atoms with van der Waals surface area (Å²) in [4.78, 5) is 26.4. The van der Waals surface area contributed by atoms with E-state index < -0.39 is 0 Å². The first-order valence-electron chi connectivity index (χ1n) is 9.90. The van der Waals surface area contributed by atoms with Crippen LogP contribution in [0.3, 0.4) is 0 Å². The average molecular weight is 398 g/mol. The summed E-state index contributed by atoms with van der Waals surface area (Å²) < 4.78 is 13.1. The third-order valence-electron chi connectivity index (χ3n) is 5.10. The van der Waals surface area contributed by atoms with Crippen LogP contribution in [0.5, 0.6) is 0 Å². The number of rotatable bonds is 6. The molecule has 7 heteroatoms. The maximum atomic E-state index is 13.1. The Morgan fingerprint density at radius 1 is 1.14 bits per heavy atom. The van der Waals surface area contributed by atoms with Gasteiger partial charge in [0.25, 0.3) is 5.91 Å². The predicted molar refractivity (Wildman–Crippen MR) is 113 cm³/mol. The first-order chi connectivity index (χ1) is 14.0. The molecule has 1 fully saturated rings. The highest BCUT2D eigenvalue weighted by Crippen LogP contribution is 2.23. The van der Waals surface area contributed by atoms with Crippen molar-refractivity contribution in [1.82, 2.24) is 10.6 Å². The van der Waals surface area contributed by atoms with Crippen molar-refractivity contribution < 1.29 is 14.0 Å². The van der Waals surface area contributed by atoms with E-state index >= 15 is 0 Å². The Balaban J connectivity index is 1.48. The van der Waals surface area contributed by atoms with Gasteiger partial charge in [-0.3, -0.25) is 4.79 Å². The van der Waals surface area contributed by atoms with Gasteiger partial charge in [0.05, 0.1) is 0 Å². The summed E-state index contributed by atoms with van der Waals surface area (Å²) >= 11 is 0. The second kappa shape index (κ2) is 9.41. The van der Waals surface area contributed by atoms with Gasteiger partial charge in [-0.05, 0) is 74.2 Å². The van der Waals surface area contributed by atoms with Gasteiger partial charge in [0.2, 0.25) is 0 Å². The number of hydrogen-bond acceptors (Lipinski definition) is 3. The Morgan fingerprint density at radius 3 is 2.59 bits per heavy atom. The van der Waals surface area contributed by atoms with Crippen LogP contribution in [0.1, 0.15) is 29.3 Å². The fourth-order valence-electron chi connectivity index (χ4n) is 3.50. The standard InChI is InChI=1S/C22H27FN4O2/c1-3-24-21(28)17-4-9-20(15(2)12-17)26-22(29)25-13-16-10-11-27(14-16)19-7-5-18(23)6-8-19/h4-9,12,16H,3,10-11,13-14H2,1-2H3,(H,24,28)(H2,25,26,29)/t16-/m1/s1. The molecule has 3 amide bonds. The number of amides is 3. The SMILES string of the molecule is CCNC(=O)c1ccc(NC(=O)NC[C@H]2CCN(c3ccc(F)cc3)C2)c(C)c1. The molecule has 1 atom stereocenters. The number of hydrogen-bond donors (Lipinski definition) is 3. The highest BCUT2D eigenvalue weighted by molar-refractivity contribution is 5.96. The van der Waals surface area contributed by atoms with Crippen molar-refractivity contribution in [2.45, 2.75) is 20.3 Å². The number of halogens is 1. The Bertz CT molecular complexity index is 870. The summed E-state index contributed by atoms with van der Waals surface area (Å²) in [5.41, 5.74) is 3.07. The average Bonchev–Trinajstić information content (AvgIpc) is 3.18. The number of aryl methyl sites for hydroxylation is 1. The summed E-state index contributed by atoms with van der Waals surface area (Å²) in [5.74, 6) is -0.0253. The quantitative estimate of drug-likeness (QED) is 0.697. The maximum absolute atomic E-state index is 13.1. The third kappa shape index (κ3) is 5.47. The largest absolute Gasteiger partial charge is 0.371 e. The van der Waals surface area contributed by atoms with E-state index in [2.05, 4.69) is 20.9 Å². The van der Waals surface area contributed by atoms with Gasteiger partial charge in [0, 0.05) is 43.1 Å². The number of nitrogens with one attached hydrogen (secondary N) is 3. The molecule has 2 aromatic carbocycles. The normalized spacial score (nSPS) is 15.8. The molecule has 1 heterocycles. The molecule has 1 aliphatic rings. The van der Waals surface area contributed by atoms with Crippen LogP contribution in [0.2, 0.25) is 0 Å². The van der Waals surface area contributed by atoms with Gasteiger partial charge < -0.3 is 20.9 Å². The molecule has 2 aromatic rings. The van der Waals surface area contributed by atoms with Crippen LogP contribution in [-0.4, -0.2) is 38.1 Å². The lowest BCUT2D eigenvalue weighted by Crippen LogP contribution is -2.34. The van der Waals surface area contributed by atoms with E-state index in [4.69, 9.17) is 0 Å². The van der Waals surface area contributed by atoms with Crippen LogP contribution in [0.15, 0.2) is 42.5 Å². The number of benzene rings is 2. The summed E-state index contributed by atoms with van der Waals surface area (Å²) in [5, 5.41) is 8.53. The molecule has 0 radical (unpaired) electrons. The van der Waals surface area contributed by atoms with Gasteiger partial charge in [-0.2, -0.15) is 0 Å². The topological polar surface area (TPSA) is 73.5 Å². The first kappa shape index (κ1) is 20.6. The number of carbonyl (C=O) groups is 2. The monoisotopic (exact) mass is 398 g/mol. The predicted octanol–water partition coefficient (Wildman–Crippen LogP) is 3.53. The molecule has 1 aliphatic heterocycles. The van der Waals surface area contributed by atoms with Crippen molar-refractivity contribution in [2.24, 2.45) is 5.92 Å². The molecule has 29 heavy (non-hydrogen) atoms. The van der Waals surface area contributed by atoms with Crippen LogP contribution in [0.4, 0.5) is 20.6 Å². The minimum absolute atomic E-state index is 0.126. The number of carbonyl (C=O) groups excluding carboxylic acids is 2. The highest BCUT2D eigenvalue weighted by atomic mass is 19.1. The van der Waals surface area contributed by atoms with E-state index in [1.807, 2.05) is 13.8 Å². The summed E-state index contributed by atoms with van der Waals surface area (Å²) in [6, 6.07) is 11.4. The van der Waals surface area contributed by atoms with Crippen molar-refractivity contribution in [3.8, 4) is 0 Å². The van der Waals surface area contributed by atoms with E-state index in [0.717, 1.165) is 30.8 Å². The third-order valence-corrected chi connectivity index (χ3v) is 5.10. The smallest absolute Gasteiger partial charge is 0.319 e. The fourth-order valence-corrected chi connectivity index (χ4v) is 3.50. The molecule has 0 spiro atoms. The van der Waals surface area contributed by atoms with Gasteiger partial charge in [-0.25, -0.2) is 9.18 Å². The minimum atomic E-state index is -0.265. The van der Waals surface area contributed by atoms with Gasteiger partial charge in [0.15, 0.2) is 0 Å². The summed E-state index contributed by atoms with van der Waals surface area (Å²) in [6.45, 7) is 6.58. The van der Waals surface area contributed by atoms with Gasteiger partial charge >= 0.3 is 6.03 Å². The van der Waals surface area contributed by atoms with Crippen LogP contribution >= 0.6 is 0 Å². The first-order valence-corrected chi connectivity index (χ1v) is 9.90. The Kier molecular flexibility index (Phi) is 6.69. The van der Waals surface area contributed by atoms with E-state index in [-0.39, 0.29) is 17.8 Å². The van der Waals surface area contributed by atoms with Crippen molar-refractivity contribution in [3.05, 3.63) is 59.4 Å². The van der Waals surface area contributed by atoms with Gasteiger partial charge in [-0.15, -0.1) is 0 Å². The Hall–Kier alpha value is -3.09. The molecule has 0 saturated carbocycles. The molecule has 154 valence electrons. The van der Waals surface area contributed by atoms with E-state index in [1.54, 1.807) is 30.3 Å². The summed E-state index contributed by atoms with van der Waals surface area (Å²) in [7, 11) is 0. The van der Waals surface area contributed by atoms with E-state index in [0.29, 0.717) is 30.3 Å². The van der Waals surface area contributed by atoms with E-state index in [9.17, 15) is 14.0 Å². The molecule has 0 unspecified atom stereocenters. The van der Waals surface area contributed by atoms with Crippen molar-refractivity contribution in [1.29, 1.82) is 0 Å². The molecule has 1 saturated heterocycles.